The third-order valence-corrected chi connectivity index (χ3v) is 1.78. The lowest BCUT2D eigenvalue weighted by molar-refractivity contribution is 0.0926. The van der Waals surface area contributed by atoms with E-state index >= 15 is 0 Å². The Morgan fingerprint density at radius 2 is 2.50 bits per heavy atom. The minimum atomic E-state index is -0.330. The van der Waals surface area contributed by atoms with Gasteiger partial charge in [-0.05, 0) is 33.6 Å². The van der Waals surface area contributed by atoms with Crippen LogP contribution in [0.1, 0.15) is 10.6 Å². The van der Waals surface area contributed by atoms with Crippen LogP contribution in [0.4, 0.5) is 0 Å². The first-order chi connectivity index (χ1) is 6.74. The molecule has 0 radical (unpaired) electrons. The second kappa shape index (κ2) is 5.31. The van der Waals surface area contributed by atoms with Gasteiger partial charge in [0.1, 0.15) is 0 Å². The van der Waals surface area contributed by atoms with E-state index in [0.29, 0.717) is 11.2 Å². The van der Waals surface area contributed by atoms with Gasteiger partial charge in [0.15, 0.2) is 10.4 Å². The number of rotatable bonds is 4. The summed E-state index contributed by atoms with van der Waals surface area (Å²) in [7, 11) is 0. The molecule has 0 saturated carbocycles. The Bertz CT molecular complexity index is 370. The second-order valence-corrected chi connectivity index (χ2v) is 3.10. The largest absolute Gasteiger partial charge is 0.444 e. The van der Waals surface area contributed by atoms with Gasteiger partial charge in [-0.2, -0.15) is 0 Å². The lowest BCUT2D eigenvalue weighted by Gasteiger charge is -1.98. The highest BCUT2D eigenvalue weighted by Gasteiger charge is 2.08. The van der Waals surface area contributed by atoms with Crippen LogP contribution in [-0.4, -0.2) is 19.0 Å². The van der Waals surface area contributed by atoms with Gasteiger partial charge in [0.2, 0.25) is 0 Å². The average Bonchev–Trinajstić information content (AvgIpc) is 2.59. The van der Waals surface area contributed by atoms with Gasteiger partial charge in [-0.3, -0.25) is 4.79 Å². The molecule has 1 rings (SSSR count). The maximum atomic E-state index is 11.3. The first-order valence-electron chi connectivity index (χ1n) is 3.78. The molecule has 0 spiro atoms. The highest BCUT2D eigenvalue weighted by atomic mass is 79.9. The van der Waals surface area contributed by atoms with Crippen LogP contribution in [0.5, 0.6) is 0 Å². The van der Waals surface area contributed by atoms with E-state index in [1.165, 1.54) is 0 Å². The number of nitrogens with zero attached hydrogens (tertiary/aromatic N) is 3. The van der Waals surface area contributed by atoms with Gasteiger partial charge in [0, 0.05) is 18.0 Å². The number of hydrogen-bond acceptors (Lipinski definition) is 3. The van der Waals surface area contributed by atoms with Crippen molar-refractivity contribution in [3.8, 4) is 0 Å². The van der Waals surface area contributed by atoms with Crippen molar-refractivity contribution >= 4 is 21.8 Å². The molecule has 0 bridgehead atoms. The molecule has 0 aliphatic carbocycles. The number of nitrogens with one attached hydrogen (secondary N) is 1. The van der Waals surface area contributed by atoms with Crippen molar-refractivity contribution in [2.45, 2.75) is 0 Å². The van der Waals surface area contributed by atoms with Crippen LogP contribution in [0.2, 0.25) is 0 Å². The summed E-state index contributed by atoms with van der Waals surface area (Å²) in [5.74, 6) is -0.110. The fourth-order valence-corrected chi connectivity index (χ4v) is 1.09. The molecule has 0 fully saturated rings. The summed E-state index contributed by atoms with van der Waals surface area (Å²) in [6.07, 6.45) is 0. The summed E-state index contributed by atoms with van der Waals surface area (Å²) in [4.78, 5) is 13.8. The molecular formula is C7H7BrN4O2. The summed E-state index contributed by atoms with van der Waals surface area (Å²) in [6.45, 7) is 0.519. The smallest absolute Gasteiger partial charge is 0.287 e. The normalized spacial score (nSPS) is 9.21. The first-order valence-corrected chi connectivity index (χ1v) is 4.57. The molecule has 0 unspecified atom stereocenters. The van der Waals surface area contributed by atoms with Crippen LogP contribution in [0.25, 0.3) is 10.4 Å². The van der Waals surface area contributed by atoms with Crippen molar-refractivity contribution in [2.24, 2.45) is 5.11 Å². The minimum absolute atomic E-state index is 0.220. The van der Waals surface area contributed by atoms with Crippen molar-refractivity contribution in [2.75, 3.05) is 13.1 Å². The average molecular weight is 259 g/mol. The number of halogens is 1. The van der Waals surface area contributed by atoms with E-state index in [0.717, 1.165) is 0 Å². The van der Waals surface area contributed by atoms with Crippen LogP contribution in [0.15, 0.2) is 26.3 Å². The van der Waals surface area contributed by atoms with Gasteiger partial charge < -0.3 is 9.73 Å². The molecule has 0 saturated heterocycles. The fraction of sp³-hybridized carbons (Fsp3) is 0.286. The molecule has 1 aromatic rings. The van der Waals surface area contributed by atoms with E-state index in [-0.39, 0.29) is 18.2 Å². The predicted molar refractivity (Wildman–Crippen MR) is 52.8 cm³/mol. The Balaban J connectivity index is 2.39. The van der Waals surface area contributed by atoms with E-state index < -0.39 is 0 Å². The molecular weight excluding hydrogens is 252 g/mol. The fourth-order valence-electron chi connectivity index (χ4n) is 0.788. The van der Waals surface area contributed by atoms with Crippen LogP contribution >= 0.6 is 15.9 Å². The topological polar surface area (TPSA) is 91.0 Å². The monoisotopic (exact) mass is 258 g/mol. The predicted octanol–water partition coefficient (Wildman–Crippen LogP) is 2.08. The van der Waals surface area contributed by atoms with Crippen LogP contribution in [-0.2, 0) is 0 Å². The molecule has 1 amide bonds. The zero-order valence-corrected chi connectivity index (χ0v) is 8.69. The second-order valence-electron chi connectivity index (χ2n) is 2.31. The van der Waals surface area contributed by atoms with Crippen molar-refractivity contribution in [3.05, 3.63) is 33.0 Å². The van der Waals surface area contributed by atoms with Crippen molar-refractivity contribution in [1.29, 1.82) is 0 Å². The van der Waals surface area contributed by atoms with E-state index in [4.69, 9.17) is 9.95 Å². The lowest BCUT2D eigenvalue weighted by Crippen LogP contribution is -2.25. The van der Waals surface area contributed by atoms with Gasteiger partial charge in [-0.15, -0.1) is 0 Å². The maximum absolute atomic E-state index is 11.3. The summed E-state index contributed by atoms with van der Waals surface area (Å²) in [5.41, 5.74) is 7.97. The Hall–Kier alpha value is -1.46. The molecule has 1 N–H and O–H groups in total. The Kier molecular flexibility index (Phi) is 4.03. The highest BCUT2D eigenvalue weighted by molar-refractivity contribution is 9.10. The van der Waals surface area contributed by atoms with Gasteiger partial charge in [0.05, 0.1) is 0 Å². The molecule has 1 aromatic heterocycles. The Morgan fingerprint density at radius 3 is 3.07 bits per heavy atom. The third-order valence-electron chi connectivity index (χ3n) is 1.36. The van der Waals surface area contributed by atoms with E-state index in [1.807, 2.05) is 0 Å². The van der Waals surface area contributed by atoms with Crippen LogP contribution in [0.3, 0.4) is 0 Å². The Morgan fingerprint density at radius 1 is 1.71 bits per heavy atom. The number of azide groups is 1. The Labute approximate surface area is 88.0 Å². The van der Waals surface area contributed by atoms with Crippen molar-refractivity contribution in [3.63, 3.8) is 0 Å². The SMILES string of the molecule is [N-]=[N+]=NCCNC(=O)c1ccc(Br)o1. The van der Waals surface area contributed by atoms with Gasteiger partial charge in [-0.1, -0.05) is 5.11 Å². The number of furan rings is 1. The van der Waals surface area contributed by atoms with E-state index in [2.05, 4.69) is 31.3 Å². The highest BCUT2D eigenvalue weighted by Crippen LogP contribution is 2.13. The van der Waals surface area contributed by atoms with Crippen molar-refractivity contribution in [1.82, 2.24) is 5.32 Å². The molecule has 74 valence electrons. The van der Waals surface area contributed by atoms with Crippen LogP contribution < -0.4 is 5.32 Å². The summed E-state index contributed by atoms with van der Waals surface area (Å²) < 4.78 is 5.50. The molecule has 7 heteroatoms. The standard InChI is InChI=1S/C7H7BrN4O2/c8-6-2-1-5(14-6)7(13)10-3-4-11-12-9/h1-2H,3-4H2,(H,10,13). The number of amides is 1. The van der Waals surface area contributed by atoms with Crippen molar-refractivity contribution < 1.29 is 9.21 Å². The zero-order valence-electron chi connectivity index (χ0n) is 7.11. The van der Waals surface area contributed by atoms with Crippen LogP contribution in [0, 0.1) is 0 Å². The summed E-state index contributed by atoms with van der Waals surface area (Å²) >= 11 is 3.08. The quantitative estimate of drug-likeness (QED) is 0.388. The minimum Gasteiger partial charge on any atom is -0.444 e. The lowest BCUT2D eigenvalue weighted by atomic mass is 10.4. The third kappa shape index (κ3) is 3.12. The molecule has 6 nitrogen and oxygen atoms in total. The van der Waals surface area contributed by atoms with E-state index in [9.17, 15) is 4.79 Å². The molecule has 0 aliphatic heterocycles. The maximum Gasteiger partial charge on any atom is 0.287 e. The van der Waals surface area contributed by atoms with Gasteiger partial charge >= 0.3 is 0 Å². The molecule has 14 heavy (non-hydrogen) atoms. The number of carbonyl (C=O) groups excluding carboxylic acids is 1. The number of hydrogen-bond donors (Lipinski definition) is 1. The molecule has 0 aromatic carbocycles. The van der Waals surface area contributed by atoms with Gasteiger partial charge in [0.25, 0.3) is 5.91 Å². The molecule has 1 heterocycles. The van der Waals surface area contributed by atoms with Gasteiger partial charge in [-0.25, -0.2) is 0 Å². The van der Waals surface area contributed by atoms with E-state index in [1.54, 1.807) is 12.1 Å². The number of carbonyl (C=O) groups is 1. The first kappa shape index (κ1) is 10.6. The molecule has 0 aliphatic rings. The molecule has 0 atom stereocenters. The summed E-state index contributed by atoms with van der Waals surface area (Å²) in [5, 5.41) is 5.80. The zero-order chi connectivity index (χ0) is 10.4. The summed E-state index contributed by atoms with van der Waals surface area (Å²) in [6, 6.07) is 3.18.